The molecule has 0 bridgehead atoms. The number of alkyl halides is 3. The lowest BCUT2D eigenvalue weighted by atomic mass is 10.2. The first-order valence-electron chi connectivity index (χ1n) is 7.27. The number of hydrogen-bond donors (Lipinski definition) is 1. The van der Waals surface area contributed by atoms with Gasteiger partial charge in [0.1, 0.15) is 23.8 Å². The maximum Gasteiger partial charge on any atom is 0.269 e. The van der Waals surface area contributed by atoms with Crippen LogP contribution in [0.3, 0.4) is 0 Å². The van der Waals surface area contributed by atoms with Crippen molar-refractivity contribution in [2.24, 2.45) is 4.99 Å². The van der Waals surface area contributed by atoms with Crippen LogP contribution in [-0.4, -0.2) is 43.4 Å². The van der Waals surface area contributed by atoms with E-state index in [1.165, 1.54) is 29.3 Å². The van der Waals surface area contributed by atoms with Crippen LogP contribution >= 0.6 is 45.2 Å². The Morgan fingerprint density at radius 1 is 1.60 bits per heavy atom. The molecule has 1 amide bonds. The molecule has 0 fully saturated rings. The van der Waals surface area contributed by atoms with E-state index in [-0.39, 0.29) is 25.3 Å². The van der Waals surface area contributed by atoms with Crippen molar-refractivity contribution in [3.05, 3.63) is 35.5 Å². The Bertz CT molecular complexity index is 780. The fraction of sp³-hybridized carbons (Fsp3) is 0.400. The minimum atomic E-state index is -1.37. The number of halogens is 4. The molecule has 0 saturated heterocycles. The van der Waals surface area contributed by atoms with Crippen LogP contribution in [0, 0.1) is 5.82 Å². The van der Waals surface area contributed by atoms with E-state index in [0.29, 0.717) is 15.6 Å². The van der Waals surface area contributed by atoms with Gasteiger partial charge in [-0.3, -0.25) is 14.2 Å². The third-order valence-corrected chi connectivity index (χ3v) is 6.86. The average molecular weight is 576 g/mol. The van der Waals surface area contributed by atoms with Crippen LogP contribution in [0.2, 0.25) is 0 Å². The number of aromatic nitrogens is 2. The molecule has 0 radical (unpaired) electrons. The zero-order valence-corrected chi connectivity index (χ0v) is 17.6. The van der Waals surface area contributed by atoms with Gasteiger partial charge in [0.2, 0.25) is 0 Å². The van der Waals surface area contributed by atoms with Crippen LogP contribution in [0.4, 0.5) is 8.78 Å². The largest absolute Gasteiger partial charge is 0.479 e. The molecule has 6 nitrogen and oxygen atoms in total. The van der Waals surface area contributed by atoms with Crippen LogP contribution in [0.5, 0.6) is 0 Å². The van der Waals surface area contributed by atoms with Crippen LogP contribution < -0.4 is 5.32 Å². The first kappa shape index (κ1) is 20.3. The Hall–Kier alpha value is -1.05. The Balaban J connectivity index is 2.17. The highest BCUT2D eigenvalue weighted by Crippen LogP contribution is 2.27. The summed E-state index contributed by atoms with van der Waals surface area (Å²) in [6.07, 6.45) is 3.96. The molecule has 136 valence electrons. The molecule has 2 rings (SSSR count). The minimum Gasteiger partial charge on any atom is -0.479 e. The van der Waals surface area contributed by atoms with E-state index in [4.69, 9.17) is 4.74 Å². The van der Waals surface area contributed by atoms with Crippen LogP contribution in [0.15, 0.2) is 23.5 Å². The second-order valence-corrected chi connectivity index (χ2v) is 7.89. The smallest absolute Gasteiger partial charge is 0.269 e. The van der Waals surface area contributed by atoms with Crippen molar-refractivity contribution < 1.29 is 18.3 Å². The summed E-state index contributed by atoms with van der Waals surface area (Å²) in [5, 5.41) is 2.64. The van der Waals surface area contributed by atoms with E-state index in [0.717, 1.165) is 0 Å². The quantitative estimate of drug-likeness (QED) is 0.227. The number of nitrogens with one attached hydrogen (secondary N) is 1. The van der Waals surface area contributed by atoms with E-state index in [2.05, 4.69) is 15.3 Å². The molecule has 0 aliphatic rings. The lowest BCUT2D eigenvalue weighted by molar-refractivity contribution is 0.0944. The topological polar surface area (TPSA) is 68.0 Å². The maximum atomic E-state index is 13.9. The number of carbonyl (C=O) groups is 1. The molecule has 1 N–H and O–H groups in total. The average Bonchev–Trinajstić information content (AvgIpc) is 2.98. The Kier molecular flexibility index (Phi) is 7.34. The number of hydrogen-bond acceptors (Lipinski definition) is 4. The summed E-state index contributed by atoms with van der Waals surface area (Å²) in [4.78, 5) is 20.2. The van der Waals surface area contributed by atoms with Gasteiger partial charge >= 0.3 is 0 Å². The number of aliphatic imine (C=N–C) groups is 1. The van der Waals surface area contributed by atoms with Gasteiger partial charge < -0.3 is 10.1 Å². The maximum absolute atomic E-state index is 13.9. The molecule has 10 heteroatoms. The lowest BCUT2D eigenvalue weighted by Gasteiger charge is -2.15. The fourth-order valence-corrected chi connectivity index (χ4v) is 2.76. The predicted octanol–water partition coefficient (Wildman–Crippen LogP) is 3.30. The van der Waals surface area contributed by atoms with Crippen molar-refractivity contribution in [3.8, 4) is 0 Å². The molecule has 0 spiro atoms. The standard InChI is InChI=1S/C15H16F2I2N4O2/c1-20-9-25-7-10-4-11(16)6-23-12(5-22-13(10)23)14(24)21-3-2-15(17,19)8-18/h4-6,9H,2-3,7-8H2,1H3,(H,21,24). The summed E-state index contributed by atoms with van der Waals surface area (Å²) in [5.74, 6) is -0.965. The fourth-order valence-electron chi connectivity index (χ4n) is 2.11. The van der Waals surface area contributed by atoms with E-state index >= 15 is 0 Å². The van der Waals surface area contributed by atoms with Gasteiger partial charge in [-0.05, 0) is 28.7 Å². The zero-order valence-electron chi connectivity index (χ0n) is 13.3. The molecule has 0 aliphatic carbocycles. The number of pyridine rings is 1. The first-order chi connectivity index (χ1) is 11.9. The number of amides is 1. The highest BCUT2D eigenvalue weighted by Gasteiger charge is 2.24. The summed E-state index contributed by atoms with van der Waals surface area (Å²) >= 11 is 3.68. The number of rotatable bonds is 8. The Labute approximate surface area is 170 Å². The van der Waals surface area contributed by atoms with E-state index < -0.39 is 15.4 Å². The third-order valence-electron chi connectivity index (χ3n) is 3.27. The second kappa shape index (κ2) is 9.05. The Morgan fingerprint density at radius 2 is 2.36 bits per heavy atom. The van der Waals surface area contributed by atoms with Gasteiger partial charge in [-0.15, -0.1) is 0 Å². The van der Waals surface area contributed by atoms with Gasteiger partial charge in [0, 0.05) is 36.2 Å². The van der Waals surface area contributed by atoms with Gasteiger partial charge in [0.05, 0.1) is 6.20 Å². The van der Waals surface area contributed by atoms with Gasteiger partial charge in [-0.2, -0.15) is 0 Å². The highest BCUT2D eigenvalue weighted by atomic mass is 127. The molecular weight excluding hydrogens is 560 g/mol. The predicted molar refractivity (Wildman–Crippen MR) is 108 cm³/mol. The van der Waals surface area contributed by atoms with E-state index in [1.807, 2.05) is 22.6 Å². The summed E-state index contributed by atoms with van der Waals surface area (Å²) in [7, 11) is 1.55. The van der Waals surface area contributed by atoms with Crippen molar-refractivity contribution in [2.75, 3.05) is 18.0 Å². The molecule has 2 heterocycles. The normalized spacial score (nSPS) is 14.0. The van der Waals surface area contributed by atoms with E-state index in [9.17, 15) is 13.6 Å². The van der Waals surface area contributed by atoms with Crippen molar-refractivity contribution in [1.82, 2.24) is 14.7 Å². The SMILES string of the molecule is CN=COCc1cc(F)cn2c(C(=O)NCCC(F)(I)CI)cnc12. The van der Waals surface area contributed by atoms with Gasteiger partial charge in [-0.25, -0.2) is 13.8 Å². The first-order valence-corrected chi connectivity index (χ1v) is 9.88. The van der Waals surface area contributed by atoms with Gasteiger partial charge in [-0.1, -0.05) is 22.6 Å². The molecule has 0 aliphatic heterocycles. The molecule has 2 aromatic rings. The summed E-state index contributed by atoms with van der Waals surface area (Å²) in [6, 6.07) is 1.29. The van der Waals surface area contributed by atoms with Crippen molar-refractivity contribution in [2.45, 2.75) is 16.7 Å². The summed E-state index contributed by atoms with van der Waals surface area (Å²) in [6.45, 7) is 0.248. The van der Waals surface area contributed by atoms with E-state index in [1.54, 1.807) is 29.6 Å². The van der Waals surface area contributed by atoms with Crippen LogP contribution in [-0.2, 0) is 11.3 Å². The number of ether oxygens (including phenoxy) is 1. The monoisotopic (exact) mass is 576 g/mol. The third kappa shape index (κ3) is 5.46. The van der Waals surface area contributed by atoms with Crippen molar-refractivity contribution in [3.63, 3.8) is 0 Å². The van der Waals surface area contributed by atoms with Crippen molar-refractivity contribution >= 4 is 63.1 Å². The molecular formula is C15H16F2I2N4O2. The second-order valence-electron chi connectivity index (χ2n) is 5.19. The number of fused-ring (bicyclic) bond motifs is 1. The lowest BCUT2D eigenvalue weighted by Crippen LogP contribution is -2.30. The summed E-state index contributed by atoms with van der Waals surface area (Å²) in [5.41, 5.74) is 1.07. The Morgan fingerprint density at radius 3 is 3.04 bits per heavy atom. The zero-order chi connectivity index (χ0) is 18.4. The van der Waals surface area contributed by atoms with Gasteiger partial charge in [0.25, 0.3) is 5.91 Å². The highest BCUT2D eigenvalue weighted by molar-refractivity contribution is 14.1. The van der Waals surface area contributed by atoms with Crippen LogP contribution in [0.25, 0.3) is 5.65 Å². The number of carbonyl (C=O) groups excluding carboxylic acids is 1. The molecule has 1 atom stereocenters. The molecule has 0 aromatic carbocycles. The molecule has 0 saturated carbocycles. The molecule has 1 unspecified atom stereocenters. The number of nitrogens with zero attached hydrogens (tertiary/aromatic N) is 3. The van der Waals surface area contributed by atoms with Crippen LogP contribution in [0.1, 0.15) is 22.5 Å². The number of imidazole rings is 1. The molecule has 2 aromatic heterocycles. The summed E-state index contributed by atoms with van der Waals surface area (Å²) < 4.78 is 33.2. The molecule has 25 heavy (non-hydrogen) atoms. The van der Waals surface area contributed by atoms with Gasteiger partial charge in [0.15, 0.2) is 10.1 Å². The van der Waals surface area contributed by atoms with Crippen molar-refractivity contribution in [1.29, 1.82) is 0 Å². The minimum absolute atomic E-state index is 0.0749.